The zero-order valence-corrected chi connectivity index (χ0v) is 13.3. The highest BCUT2D eigenvalue weighted by Gasteiger charge is 2.09. The fourth-order valence-electron chi connectivity index (χ4n) is 2.38. The SMILES string of the molecule is O=c1cnn(-c2ccc3nn(-c4cncc(F)c4)cc3c2)c(=O)n1S. The molecule has 0 N–H and O–H groups in total. The van der Waals surface area contributed by atoms with Crippen LogP contribution >= 0.6 is 12.8 Å². The normalized spacial score (nSPS) is 11.1. The Hall–Kier alpha value is -3.27. The summed E-state index contributed by atoms with van der Waals surface area (Å²) in [6.45, 7) is 0. The maximum Gasteiger partial charge on any atom is 0.362 e. The molecule has 0 saturated heterocycles. The number of pyridine rings is 1. The quantitative estimate of drug-likeness (QED) is 0.541. The molecule has 4 aromatic rings. The molecule has 0 spiro atoms. The van der Waals surface area contributed by atoms with Crippen LogP contribution in [-0.2, 0) is 0 Å². The van der Waals surface area contributed by atoms with Crippen LogP contribution in [0.3, 0.4) is 0 Å². The Balaban J connectivity index is 1.85. The van der Waals surface area contributed by atoms with Gasteiger partial charge in [-0.1, -0.05) is 12.8 Å². The topological polar surface area (TPSA) is 87.6 Å². The van der Waals surface area contributed by atoms with Crippen molar-refractivity contribution in [2.75, 3.05) is 0 Å². The largest absolute Gasteiger partial charge is 0.362 e. The minimum atomic E-state index is -0.683. The van der Waals surface area contributed by atoms with E-state index in [-0.39, 0.29) is 0 Å². The number of benzene rings is 1. The third kappa shape index (κ3) is 2.62. The Labute approximate surface area is 144 Å². The second kappa shape index (κ2) is 5.67. The zero-order valence-electron chi connectivity index (χ0n) is 12.4. The number of halogens is 1. The van der Waals surface area contributed by atoms with Gasteiger partial charge in [-0.15, -0.1) is 0 Å². The Kier molecular flexibility index (Phi) is 3.46. The van der Waals surface area contributed by atoms with Gasteiger partial charge in [-0.2, -0.15) is 14.9 Å². The van der Waals surface area contributed by atoms with Gasteiger partial charge in [-0.3, -0.25) is 9.78 Å². The van der Waals surface area contributed by atoms with Crippen molar-refractivity contribution in [3.8, 4) is 11.4 Å². The predicted molar refractivity (Wildman–Crippen MR) is 90.9 cm³/mol. The Morgan fingerprint density at radius 3 is 2.68 bits per heavy atom. The molecule has 0 amide bonds. The molecule has 0 aliphatic heterocycles. The molecule has 10 heteroatoms. The summed E-state index contributed by atoms with van der Waals surface area (Å²) >= 11 is 3.84. The van der Waals surface area contributed by atoms with Crippen LogP contribution in [0, 0.1) is 5.82 Å². The molecule has 1 aromatic carbocycles. The zero-order chi connectivity index (χ0) is 17.6. The summed E-state index contributed by atoms with van der Waals surface area (Å²) in [6, 6.07) is 6.31. The maximum absolute atomic E-state index is 13.3. The standard InChI is InChI=1S/C15H9FN6O2S/c16-10-4-12(6-17-5-10)20-8-9-3-11(1-2-13(9)19-20)21-15(24)22(25)14(23)7-18-21/h1-8,25H. The van der Waals surface area contributed by atoms with E-state index in [9.17, 15) is 14.0 Å². The minimum Gasteiger partial charge on any atom is -0.266 e. The molecule has 0 aliphatic carbocycles. The van der Waals surface area contributed by atoms with Crippen molar-refractivity contribution in [2.24, 2.45) is 0 Å². The lowest BCUT2D eigenvalue weighted by molar-refractivity contribution is 0.618. The van der Waals surface area contributed by atoms with Crippen molar-refractivity contribution < 1.29 is 4.39 Å². The van der Waals surface area contributed by atoms with Gasteiger partial charge in [0.25, 0.3) is 5.56 Å². The first kappa shape index (κ1) is 15.3. The van der Waals surface area contributed by atoms with Crippen molar-refractivity contribution >= 4 is 23.7 Å². The third-order valence-electron chi connectivity index (χ3n) is 3.54. The highest BCUT2D eigenvalue weighted by Crippen LogP contribution is 2.18. The Morgan fingerprint density at radius 1 is 1.04 bits per heavy atom. The first-order chi connectivity index (χ1) is 12.0. The van der Waals surface area contributed by atoms with Gasteiger partial charge in [0.05, 0.1) is 29.3 Å². The first-order valence-electron chi connectivity index (χ1n) is 7.04. The molecule has 25 heavy (non-hydrogen) atoms. The van der Waals surface area contributed by atoms with Crippen molar-refractivity contribution in [1.29, 1.82) is 0 Å². The maximum atomic E-state index is 13.3. The lowest BCUT2D eigenvalue weighted by Gasteiger charge is -2.04. The average Bonchev–Trinajstić information content (AvgIpc) is 3.03. The Bertz CT molecular complexity index is 1230. The Morgan fingerprint density at radius 2 is 1.88 bits per heavy atom. The second-order valence-corrected chi connectivity index (χ2v) is 5.57. The van der Waals surface area contributed by atoms with E-state index in [2.05, 4.69) is 28.0 Å². The van der Waals surface area contributed by atoms with E-state index in [1.165, 1.54) is 16.9 Å². The summed E-state index contributed by atoms with van der Waals surface area (Å²) in [5, 5.41) is 8.87. The monoisotopic (exact) mass is 356 g/mol. The number of hydrogen-bond donors (Lipinski definition) is 1. The van der Waals surface area contributed by atoms with Gasteiger partial charge in [0, 0.05) is 17.6 Å². The van der Waals surface area contributed by atoms with E-state index < -0.39 is 17.1 Å². The summed E-state index contributed by atoms with van der Waals surface area (Å²) in [5.41, 5.74) is 0.253. The predicted octanol–water partition coefficient (Wildman–Crippen LogP) is 0.960. The van der Waals surface area contributed by atoms with Gasteiger partial charge in [0.1, 0.15) is 12.0 Å². The van der Waals surface area contributed by atoms with Gasteiger partial charge < -0.3 is 0 Å². The highest BCUT2D eigenvalue weighted by molar-refractivity contribution is 7.78. The van der Waals surface area contributed by atoms with Crippen molar-refractivity contribution in [3.63, 3.8) is 0 Å². The number of nitrogens with zero attached hydrogens (tertiary/aromatic N) is 6. The van der Waals surface area contributed by atoms with Gasteiger partial charge in [-0.25, -0.2) is 17.8 Å². The van der Waals surface area contributed by atoms with Crippen molar-refractivity contribution in [2.45, 2.75) is 0 Å². The smallest absolute Gasteiger partial charge is 0.266 e. The summed E-state index contributed by atoms with van der Waals surface area (Å²) in [7, 11) is 0. The van der Waals surface area contributed by atoms with Gasteiger partial charge in [0.2, 0.25) is 0 Å². The van der Waals surface area contributed by atoms with E-state index in [1.807, 2.05) is 0 Å². The van der Waals surface area contributed by atoms with Crippen molar-refractivity contribution in [3.05, 3.63) is 75.7 Å². The van der Waals surface area contributed by atoms with Crippen LogP contribution in [0.2, 0.25) is 0 Å². The van der Waals surface area contributed by atoms with Crippen LogP contribution in [0.15, 0.2) is 58.6 Å². The summed E-state index contributed by atoms with van der Waals surface area (Å²) < 4.78 is 16.5. The van der Waals surface area contributed by atoms with E-state index in [0.717, 1.165) is 17.1 Å². The molecule has 0 atom stereocenters. The molecular formula is C15H9FN6O2S. The highest BCUT2D eigenvalue weighted by atomic mass is 32.1. The molecule has 0 unspecified atom stereocenters. The number of fused-ring (bicyclic) bond motifs is 1. The molecule has 8 nitrogen and oxygen atoms in total. The van der Waals surface area contributed by atoms with Crippen LogP contribution in [0.1, 0.15) is 0 Å². The van der Waals surface area contributed by atoms with E-state index >= 15 is 0 Å². The first-order valence-corrected chi connectivity index (χ1v) is 7.44. The third-order valence-corrected chi connectivity index (χ3v) is 3.91. The fourth-order valence-corrected chi connectivity index (χ4v) is 2.51. The summed E-state index contributed by atoms with van der Waals surface area (Å²) in [4.78, 5) is 27.3. The van der Waals surface area contributed by atoms with Crippen LogP contribution in [0.25, 0.3) is 22.3 Å². The molecule has 3 heterocycles. The number of hydrogen-bond acceptors (Lipinski definition) is 6. The minimum absolute atomic E-state index is 0.442. The van der Waals surface area contributed by atoms with Gasteiger partial charge >= 0.3 is 5.69 Å². The van der Waals surface area contributed by atoms with E-state index in [4.69, 9.17) is 0 Å². The number of thiol groups is 1. The number of aromatic nitrogens is 6. The summed E-state index contributed by atoms with van der Waals surface area (Å²) in [5.74, 6) is -0.468. The lowest BCUT2D eigenvalue weighted by Crippen LogP contribution is -2.35. The van der Waals surface area contributed by atoms with Crippen LogP contribution < -0.4 is 11.2 Å². The molecule has 0 fully saturated rings. The van der Waals surface area contributed by atoms with E-state index in [1.54, 1.807) is 24.4 Å². The molecule has 3 aromatic heterocycles. The van der Waals surface area contributed by atoms with Gasteiger partial charge in [0.15, 0.2) is 0 Å². The fraction of sp³-hybridized carbons (Fsp3) is 0. The lowest BCUT2D eigenvalue weighted by atomic mass is 10.2. The molecule has 4 rings (SSSR count). The van der Waals surface area contributed by atoms with Gasteiger partial charge in [-0.05, 0) is 18.2 Å². The second-order valence-electron chi connectivity index (χ2n) is 5.17. The van der Waals surface area contributed by atoms with Crippen LogP contribution in [0.4, 0.5) is 4.39 Å². The summed E-state index contributed by atoms with van der Waals surface area (Å²) in [6.07, 6.45) is 5.27. The van der Waals surface area contributed by atoms with Crippen LogP contribution in [-0.4, -0.2) is 28.5 Å². The molecular weight excluding hydrogens is 347 g/mol. The van der Waals surface area contributed by atoms with E-state index in [0.29, 0.717) is 26.3 Å². The molecule has 0 aliphatic rings. The molecule has 0 saturated carbocycles. The van der Waals surface area contributed by atoms with Crippen molar-refractivity contribution in [1.82, 2.24) is 28.5 Å². The number of rotatable bonds is 2. The van der Waals surface area contributed by atoms with Crippen LogP contribution in [0.5, 0.6) is 0 Å². The average molecular weight is 356 g/mol. The molecule has 0 radical (unpaired) electrons. The molecule has 0 bridgehead atoms. The molecule has 124 valence electrons.